The summed E-state index contributed by atoms with van der Waals surface area (Å²) in [6.45, 7) is 4.91. The first kappa shape index (κ1) is 13.8. The second kappa shape index (κ2) is 6.10. The molecule has 0 saturated carbocycles. The Hall–Kier alpha value is -2.13. The van der Waals surface area contributed by atoms with Crippen LogP contribution in [-0.2, 0) is 11.3 Å². The van der Waals surface area contributed by atoms with Crippen LogP contribution >= 0.6 is 0 Å². The average Bonchev–Trinajstić information content (AvgIpc) is 2.90. The van der Waals surface area contributed by atoms with Crippen LogP contribution in [0.4, 0.5) is 0 Å². The van der Waals surface area contributed by atoms with Crippen LogP contribution in [0, 0.1) is 0 Å². The number of hydrogen-bond donors (Lipinski definition) is 0. The van der Waals surface area contributed by atoms with Crippen LogP contribution in [0.3, 0.4) is 0 Å². The number of benzene rings is 2. The van der Waals surface area contributed by atoms with Crippen LogP contribution in [0.25, 0.3) is 11.0 Å². The maximum atomic E-state index is 6.11. The third-order valence-electron chi connectivity index (χ3n) is 3.50. The number of imidazole rings is 1. The Morgan fingerprint density at radius 2 is 1.71 bits per heavy atom. The third-order valence-corrected chi connectivity index (χ3v) is 3.50. The predicted molar refractivity (Wildman–Crippen MR) is 85.1 cm³/mol. The van der Waals surface area contributed by atoms with Gasteiger partial charge in [-0.25, -0.2) is 4.98 Å². The van der Waals surface area contributed by atoms with Crippen molar-refractivity contribution in [1.82, 2.24) is 9.55 Å². The molecule has 1 atom stereocenters. The molecule has 3 rings (SSSR count). The monoisotopic (exact) mass is 280 g/mol. The van der Waals surface area contributed by atoms with E-state index in [0.717, 1.165) is 17.6 Å². The van der Waals surface area contributed by atoms with Crippen LogP contribution in [-0.4, -0.2) is 15.7 Å². The van der Waals surface area contributed by atoms with Gasteiger partial charge in [0.2, 0.25) is 0 Å². The molecule has 21 heavy (non-hydrogen) atoms. The van der Waals surface area contributed by atoms with Crippen molar-refractivity contribution in [3.8, 4) is 0 Å². The van der Waals surface area contributed by atoms with Crippen LogP contribution in [0.2, 0.25) is 0 Å². The van der Waals surface area contributed by atoms with E-state index in [2.05, 4.69) is 53.7 Å². The number of para-hydroxylation sites is 2. The van der Waals surface area contributed by atoms with E-state index in [1.807, 2.05) is 30.6 Å². The minimum Gasteiger partial charge on any atom is -0.369 e. The van der Waals surface area contributed by atoms with Gasteiger partial charge in [0.15, 0.2) is 0 Å². The molecule has 108 valence electrons. The summed E-state index contributed by atoms with van der Waals surface area (Å²) in [4.78, 5) is 4.45. The Labute approximate surface area is 125 Å². The molecule has 0 bridgehead atoms. The Morgan fingerprint density at radius 1 is 1.00 bits per heavy atom. The normalized spacial score (nSPS) is 12.9. The molecule has 3 nitrogen and oxygen atoms in total. The Morgan fingerprint density at radius 3 is 2.48 bits per heavy atom. The van der Waals surface area contributed by atoms with Crippen molar-refractivity contribution in [3.05, 3.63) is 66.5 Å². The molecule has 0 aliphatic heterocycles. The van der Waals surface area contributed by atoms with Crippen LogP contribution in [0.15, 0.2) is 60.9 Å². The molecule has 0 N–H and O–H groups in total. The molecule has 0 aliphatic rings. The topological polar surface area (TPSA) is 27.1 Å². The largest absolute Gasteiger partial charge is 0.369 e. The Bertz CT molecular complexity index is 703. The highest BCUT2D eigenvalue weighted by molar-refractivity contribution is 5.74. The van der Waals surface area contributed by atoms with Crippen molar-refractivity contribution in [2.75, 3.05) is 0 Å². The van der Waals surface area contributed by atoms with Crippen molar-refractivity contribution < 1.29 is 4.74 Å². The third kappa shape index (κ3) is 3.14. The first-order valence-electron chi connectivity index (χ1n) is 7.34. The summed E-state index contributed by atoms with van der Waals surface area (Å²) in [5.41, 5.74) is 3.36. The Balaban J connectivity index is 1.91. The fourth-order valence-electron chi connectivity index (χ4n) is 2.56. The van der Waals surface area contributed by atoms with E-state index < -0.39 is 0 Å². The summed E-state index contributed by atoms with van der Waals surface area (Å²) < 4.78 is 8.27. The smallest absolute Gasteiger partial charge is 0.101 e. The highest BCUT2D eigenvalue weighted by Gasteiger charge is 2.15. The number of nitrogens with zero attached hydrogens (tertiary/aromatic N) is 2. The number of rotatable bonds is 5. The standard InChI is InChI=1S/C18H20N2O/c1-14(2)21-18(15-8-4-3-5-9-15)12-20-13-19-16-10-6-7-11-17(16)20/h3-11,13-14,18H,12H2,1-2H3. The molecule has 3 heteroatoms. The van der Waals surface area contributed by atoms with Crippen molar-refractivity contribution in [3.63, 3.8) is 0 Å². The maximum Gasteiger partial charge on any atom is 0.101 e. The fourth-order valence-corrected chi connectivity index (χ4v) is 2.56. The first-order chi connectivity index (χ1) is 10.2. The number of ether oxygens (including phenoxy) is 1. The number of fused-ring (bicyclic) bond motifs is 1. The molecular weight excluding hydrogens is 260 g/mol. The minimum absolute atomic E-state index is 0.0313. The van der Waals surface area contributed by atoms with E-state index in [0.29, 0.717) is 0 Å². The molecule has 0 amide bonds. The minimum atomic E-state index is 0.0313. The molecule has 0 aliphatic carbocycles. The molecule has 0 fully saturated rings. The second-order valence-electron chi connectivity index (χ2n) is 5.47. The van der Waals surface area contributed by atoms with Crippen molar-refractivity contribution in [2.45, 2.75) is 32.6 Å². The highest BCUT2D eigenvalue weighted by Crippen LogP contribution is 2.23. The van der Waals surface area contributed by atoms with E-state index in [9.17, 15) is 0 Å². The lowest BCUT2D eigenvalue weighted by atomic mass is 10.1. The lowest BCUT2D eigenvalue weighted by Gasteiger charge is -2.21. The predicted octanol–water partition coefficient (Wildman–Crippen LogP) is 4.20. The maximum absolute atomic E-state index is 6.11. The van der Waals surface area contributed by atoms with E-state index in [1.54, 1.807) is 0 Å². The first-order valence-corrected chi connectivity index (χ1v) is 7.34. The van der Waals surface area contributed by atoms with Gasteiger partial charge in [-0.05, 0) is 31.5 Å². The highest BCUT2D eigenvalue weighted by atomic mass is 16.5. The van der Waals surface area contributed by atoms with Gasteiger partial charge < -0.3 is 9.30 Å². The summed E-state index contributed by atoms with van der Waals surface area (Å²) >= 11 is 0. The van der Waals surface area contributed by atoms with Gasteiger partial charge in [0, 0.05) is 0 Å². The van der Waals surface area contributed by atoms with E-state index in [-0.39, 0.29) is 12.2 Å². The molecule has 1 unspecified atom stereocenters. The van der Waals surface area contributed by atoms with Gasteiger partial charge in [-0.15, -0.1) is 0 Å². The zero-order valence-corrected chi connectivity index (χ0v) is 12.4. The zero-order chi connectivity index (χ0) is 14.7. The molecular formula is C18H20N2O. The Kier molecular flexibility index (Phi) is 4.02. The molecule has 2 aromatic carbocycles. The molecule has 0 radical (unpaired) electrons. The summed E-state index contributed by atoms with van der Waals surface area (Å²) in [6, 6.07) is 18.6. The van der Waals surface area contributed by atoms with Crippen LogP contribution < -0.4 is 0 Å². The van der Waals surface area contributed by atoms with Gasteiger partial charge in [0.25, 0.3) is 0 Å². The number of hydrogen-bond acceptors (Lipinski definition) is 2. The lowest BCUT2D eigenvalue weighted by Crippen LogP contribution is -2.16. The van der Waals surface area contributed by atoms with Gasteiger partial charge in [-0.2, -0.15) is 0 Å². The SMILES string of the molecule is CC(C)OC(Cn1cnc2ccccc21)c1ccccc1. The van der Waals surface area contributed by atoms with Crippen LogP contribution in [0.1, 0.15) is 25.5 Å². The summed E-state index contributed by atoms with van der Waals surface area (Å²) in [5, 5.41) is 0. The van der Waals surface area contributed by atoms with Crippen molar-refractivity contribution in [1.29, 1.82) is 0 Å². The van der Waals surface area contributed by atoms with Gasteiger partial charge in [-0.1, -0.05) is 42.5 Å². The zero-order valence-electron chi connectivity index (χ0n) is 12.4. The quantitative estimate of drug-likeness (QED) is 0.700. The molecule has 3 aromatic rings. The van der Waals surface area contributed by atoms with Gasteiger partial charge >= 0.3 is 0 Å². The molecule has 1 aromatic heterocycles. The van der Waals surface area contributed by atoms with E-state index in [4.69, 9.17) is 4.74 Å². The summed E-state index contributed by atoms with van der Waals surface area (Å²) in [5.74, 6) is 0. The summed E-state index contributed by atoms with van der Waals surface area (Å²) in [6.07, 6.45) is 2.11. The number of aromatic nitrogens is 2. The second-order valence-corrected chi connectivity index (χ2v) is 5.47. The fraction of sp³-hybridized carbons (Fsp3) is 0.278. The molecule has 1 heterocycles. The summed E-state index contributed by atoms with van der Waals surface area (Å²) in [7, 11) is 0. The molecule has 0 spiro atoms. The van der Waals surface area contributed by atoms with Gasteiger partial charge in [0.05, 0.1) is 30.0 Å². The van der Waals surface area contributed by atoms with Gasteiger partial charge in [0.1, 0.15) is 6.10 Å². The van der Waals surface area contributed by atoms with E-state index in [1.165, 1.54) is 5.56 Å². The van der Waals surface area contributed by atoms with Crippen molar-refractivity contribution >= 4 is 11.0 Å². The molecule has 0 saturated heterocycles. The van der Waals surface area contributed by atoms with E-state index >= 15 is 0 Å². The average molecular weight is 280 g/mol. The lowest BCUT2D eigenvalue weighted by molar-refractivity contribution is -0.00266. The van der Waals surface area contributed by atoms with Crippen molar-refractivity contribution in [2.24, 2.45) is 0 Å². The van der Waals surface area contributed by atoms with Crippen LogP contribution in [0.5, 0.6) is 0 Å². The van der Waals surface area contributed by atoms with Gasteiger partial charge in [-0.3, -0.25) is 0 Å².